The Bertz CT molecular complexity index is 734. The molecule has 0 radical (unpaired) electrons. The van der Waals surface area contributed by atoms with Crippen LogP contribution in [0.5, 0.6) is 5.88 Å². The normalized spacial score (nSPS) is 11.2. The molecular formula is C12H11NO6S. The fraction of sp³-hybridized carbons (Fsp3) is 0.167. The van der Waals surface area contributed by atoms with Crippen molar-refractivity contribution >= 4 is 15.8 Å². The number of nitrogens with zero attached hydrogens (tertiary/aromatic N) is 1. The van der Waals surface area contributed by atoms with Crippen molar-refractivity contribution in [2.45, 2.75) is 10.8 Å². The Morgan fingerprint density at radius 3 is 2.75 bits per heavy atom. The van der Waals surface area contributed by atoms with Crippen LogP contribution in [0, 0.1) is 0 Å². The molecule has 0 saturated carbocycles. The molecule has 0 spiro atoms. The second-order valence-electron chi connectivity index (χ2n) is 3.85. The minimum absolute atomic E-state index is 0.195. The molecule has 0 fully saturated rings. The first-order valence-electron chi connectivity index (χ1n) is 5.48. The number of ether oxygens (including phenoxy) is 1. The van der Waals surface area contributed by atoms with Crippen LogP contribution in [-0.4, -0.2) is 31.6 Å². The first-order chi connectivity index (χ1) is 9.44. The fourth-order valence-electron chi connectivity index (χ4n) is 1.60. The third-order valence-corrected chi connectivity index (χ3v) is 4.01. The van der Waals surface area contributed by atoms with Gasteiger partial charge in [-0.05, 0) is 18.2 Å². The molecule has 2 aromatic rings. The Kier molecular flexibility index (Phi) is 3.75. The van der Waals surface area contributed by atoms with Crippen molar-refractivity contribution in [3.63, 3.8) is 0 Å². The van der Waals surface area contributed by atoms with E-state index in [2.05, 4.69) is 4.98 Å². The number of hydrogen-bond acceptors (Lipinski definition) is 6. The molecule has 0 saturated heterocycles. The maximum absolute atomic E-state index is 12.1. The molecule has 2 heterocycles. The number of rotatable bonds is 5. The zero-order valence-electron chi connectivity index (χ0n) is 10.4. The van der Waals surface area contributed by atoms with Crippen LogP contribution in [0.3, 0.4) is 0 Å². The van der Waals surface area contributed by atoms with Gasteiger partial charge in [0.15, 0.2) is 0 Å². The van der Waals surface area contributed by atoms with E-state index in [1.165, 1.54) is 13.3 Å². The quantitative estimate of drug-likeness (QED) is 0.887. The molecular weight excluding hydrogens is 286 g/mol. The van der Waals surface area contributed by atoms with Crippen molar-refractivity contribution < 1.29 is 27.5 Å². The summed E-state index contributed by atoms with van der Waals surface area (Å²) in [7, 11) is -2.43. The van der Waals surface area contributed by atoms with Gasteiger partial charge in [0, 0.05) is 11.8 Å². The number of carboxylic acid groups (broad SMARTS) is 1. The second-order valence-corrected chi connectivity index (χ2v) is 5.78. The summed E-state index contributed by atoms with van der Waals surface area (Å²) in [5.74, 6) is -1.95. The minimum atomic E-state index is -3.81. The van der Waals surface area contributed by atoms with Crippen LogP contribution in [0.2, 0.25) is 0 Å². The number of carbonyl (C=O) groups is 1. The summed E-state index contributed by atoms with van der Waals surface area (Å²) < 4.78 is 34.0. The van der Waals surface area contributed by atoms with Crippen molar-refractivity contribution in [1.82, 2.24) is 4.98 Å². The third-order valence-electron chi connectivity index (χ3n) is 2.49. The van der Waals surface area contributed by atoms with E-state index < -0.39 is 32.4 Å². The van der Waals surface area contributed by atoms with Crippen LogP contribution in [-0.2, 0) is 15.6 Å². The number of aromatic nitrogens is 1. The Hall–Kier alpha value is -2.35. The van der Waals surface area contributed by atoms with Crippen molar-refractivity contribution in [2.24, 2.45) is 0 Å². The average molecular weight is 297 g/mol. The number of methoxy groups -OCH3 is 1. The summed E-state index contributed by atoms with van der Waals surface area (Å²) in [4.78, 5) is 14.6. The van der Waals surface area contributed by atoms with Crippen LogP contribution >= 0.6 is 0 Å². The van der Waals surface area contributed by atoms with Gasteiger partial charge < -0.3 is 14.3 Å². The van der Waals surface area contributed by atoms with Gasteiger partial charge >= 0.3 is 5.97 Å². The molecule has 0 bridgehead atoms. The topological polar surface area (TPSA) is 107 Å². The summed E-state index contributed by atoms with van der Waals surface area (Å²) in [5.41, 5.74) is 0.364. The smallest absolute Gasteiger partial charge is 0.371 e. The summed E-state index contributed by atoms with van der Waals surface area (Å²) in [6.07, 6.45) is 1.48. The average Bonchev–Trinajstić information content (AvgIpc) is 2.89. The number of aromatic carboxylic acids is 1. The molecule has 2 rings (SSSR count). The highest BCUT2D eigenvalue weighted by Crippen LogP contribution is 2.23. The molecule has 0 aliphatic carbocycles. The van der Waals surface area contributed by atoms with Gasteiger partial charge in [-0.1, -0.05) is 6.07 Å². The van der Waals surface area contributed by atoms with E-state index in [-0.39, 0.29) is 5.88 Å². The lowest BCUT2D eigenvalue weighted by Gasteiger charge is -2.06. The molecule has 20 heavy (non-hydrogen) atoms. The van der Waals surface area contributed by atoms with Gasteiger partial charge in [-0.25, -0.2) is 18.2 Å². The highest BCUT2D eigenvalue weighted by molar-refractivity contribution is 7.90. The van der Waals surface area contributed by atoms with Crippen molar-refractivity contribution in [3.8, 4) is 5.88 Å². The molecule has 0 amide bonds. The van der Waals surface area contributed by atoms with E-state index in [0.717, 1.165) is 12.1 Å². The number of carboxylic acids is 1. The monoisotopic (exact) mass is 297 g/mol. The van der Waals surface area contributed by atoms with Crippen molar-refractivity contribution in [3.05, 3.63) is 41.8 Å². The van der Waals surface area contributed by atoms with Crippen LogP contribution < -0.4 is 4.74 Å². The summed E-state index contributed by atoms with van der Waals surface area (Å²) >= 11 is 0. The Balaban J connectivity index is 2.33. The van der Waals surface area contributed by atoms with Gasteiger partial charge in [-0.3, -0.25) is 0 Å². The zero-order valence-corrected chi connectivity index (χ0v) is 11.3. The second kappa shape index (κ2) is 5.33. The molecule has 0 aromatic carbocycles. The van der Waals surface area contributed by atoms with Gasteiger partial charge in [0.25, 0.3) is 0 Å². The SMILES string of the molecule is COc1ncccc1CS(=O)(=O)c1ccc(C(=O)O)o1. The van der Waals surface area contributed by atoms with E-state index in [4.69, 9.17) is 14.3 Å². The largest absolute Gasteiger partial charge is 0.481 e. The number of pyridine rings is 1. The maximum Gasteiger partial charge on any atom is 0.371 e. The Morgan fingerprint density at radius 1 is 1.40 bits per heavy atom. The molecule has 7 nitrogen and oxygen atoms in total. The first kappa shape index (κ1) is 14.1. The van der Waals surface area contributed by atoms with E-state index in [9.17, 15) is 13.2 Å². The lowest BCUT2D eigenvalue weighted by molar-refractivity contribution is 0.0656. The summed E-state index contributed by atoms with van der Waals surface area (Å²) in [6.45, 7) is 0. The number of sulfone groups is 1. The first-order valence-corrected chi connectivity index (χ1v) is 7.13. The highest BCUT2D eigenvalue weighted by atomic mass is 32.2. The Labute approximate surface area is 114 Å². The molecule has 0 aliphatic heterocycles. The molecule has 8 heteroatoms. The number of furan rings is 1. The van der Waals surface area contributed by atoms with Gasteiger partial charge in [0.2, 0.25) is 26.6 Å². The predicted molar refractivity (Wildman–Crippen MR) is 67.3 cm³/mol. The third kappa shape index (κ3) is 2.80. The molecule has 0 atom stereocenters. The van der Waals surface area contributed by atoms with Crippen LogP contribution in [0.4, 0.5) is 0 Å². The van der Waals surface area contributed by atoms with Gasteiger partial charge in [0.1, 0.15) is 0 Å². The van der Waals surface area contributed by atoms with E-state index in [0.29, 0.717) is 5.56 Å². The summed E-state index contributed by atoms with van der Waals surface area (Å²) in [6, 6.07) is 5.35. The van der Waals surface area contributed by atoms with Gasteiger partial charge in [-0.2, -0.15) is 0 Å². The van der Waals surface area contributed by atoms with Gasteiger partial charge in [0.05, 0.1) is 12.9 Å². The zero-order chi connectivity index (χ0) is 14.8. The van der Waals surface area contributed by atoms with Crippen LogP contribution in [0.15, 0.2) is 40.0 Å². The maximum atomic E-state index is 12.1. The van der Waals surface area contributed by atoms with Crippen molar-refractivity contribution in [2.75, 3.05) is 7.11 Å². The standard InChI is InChI=1S/C12H11NO6S/c1-18-11-8(3-2-6-13-11)7-20(16,17)10-5-4-9(19-10)12(14)15/h2-6H,7H2,1H3,(H,14,15). The minimum Gasteiger partial charge on any atom is -0.481 e. The van der Waals surface area contributed by atoms with Crippen LogP contribution in [0.1, 0.15) is 16.1 Å². The van der Waals surface area contributed by atoms with E-state index in [1.807, 2.05) is 0 Å². The molecule has 1 N–H and O–H groups in total. The highest BCUT2D eigenvalue weighted by Gasteiger charge is 2.23. The van der Waals surface area contributed by atoms with Crippen LogP contribution in [0.25, 0.3) is 0 Å². The number of hydrogen-bond donors (Lipinski definition) is 1. The summed E-state index contributed by atoms with van der Waals surface area (Å²) in [5, 5.41) is 8.32. The predicted octanol–water partition coefficient (Wildman–Crippen LogP) is 1.36. The fourth-order valence-corrected chi connectivity index (χ4v) is 2.86. The van der Waals surface area contributed by atoms with Crippen molar-refractivity contribution in [1.29, 1.82) is 0 Å². The van der Waals surface area contributed by atoms with Gasteiger partial charge in [-0.15, -0.1) is 0 Å². The molecule has 2 aromatic heterocycles. The lowest BCUT2D eigenvalue weighted by Crippen LogP contribution is -2.06. The Morgan fingerprint density at radius 2 is 2.15 bits per heavy atom. The molecule has 106 valence electrons. The molecule has 0 unspecified atom stereocenters. The van der Waals surface area contributed by atoms with E-state index in [1.54, 1.807) is 12.1 Å². The molecule has 0 aliphatic rings. The lowest BCUT2D eigenvalue weighted by atomic mass is 10.3. The van der Waals surface area contributed by atoms with E-state index >= 15 is 0 Å².